The second-order valence-electron chi connectivity index (χ2n) is 6.41. The van der Waals surface area contributed by atoms with E-state index in [0.29, 0.717) is 28.0 Å². The summed E-state index contributed by atoms with van der Waals surface area (Å²) in [6, 6.07) is 28.6. The standard InChI is InChI=1S/C13H11ClO2.C12H10O2.2CH3Cl/c1-9-2-5-11(6-3-9)16-13-7-4-10(14)8-12(13)15;13-11-8-4-5-9-12(11)14-10-6-2-1-3-7-10;2*1-2/h2-8,15H,1H3;1-9,13H;2*1H3. The number of aromatic hydroxyl groups is 2. The van der Waals surface area contributed by atoms with Crippen LogP contribution in [0.15, 0.2) is 97.1 Å². The van der Waals surface area contributed by atoms with Crippen molar-refractivity contribution in [3.8, 4) is 34.5 Å². The first-order valence-electron chi connectivity index (χ1n) is 10.0. The van der Waals surface area contributed by atoms with E-state index in [4.69, 9.17) is 21.1 Å². The van der Waals surface area contributed by atoms with Crippen molar-refractivity contribution in [2.45, 2.75) is 6.92 Å². The van der Waals surface area contributed by atoms with Crippen molar-refractivity contribution in [3.63, 3.8) is 0 Å². The Kier molecular flexibility index (Phi) is 14.1. The fourth-order valence-corrected chi connectivity index (χ4v) is 2.64. The second kappa shape index (κ2) is 16.5. The molecule has 0 radical (unpaired) electrons. The van der Waals surface area contributed by atoms with Gasteiger partial charge in [-0.2, -0.15) is 0 Å². The van der Waals surface area contributed by atoms with Crippen molar-refractivity contribution in [1.82, 2.24) is 0 Å². The van der Waals surface area contributed by atoms with Crippen LogP contribution in [0.4, 0.5) is 0 Å². The van der Waals surface area contributed by atoms with Gasteiger partial charge in [-0.1, -0.05) is 59.6 Å². The minimum absolute atomic E-state index is 0.0353. The van der Waals surface area contributed by atoms with Crippen LogP contribution in [0.25, 0.3) is 0 Å². The summed E-state index contributed by atoms with van der Waals surface area (Å²) in [5, 5.41) is 19.5. The minimum Gasteiger partial charge on any atom is -0.504 e. The molecule has 2 N–H and O–H groups in total. The lowest BCUT2D eigenvalue weighted by Gasteiger charge is -2.07. The molecule has 0 aliphatic heterocycles. The molecule has 34 heavy (non-hydrogen) atoms. The molecular formula is C27H27Cl3O4. The van der Waals surface area contributed by atoms with E-state index in [-0.39, 0.29) is 11.5 Å². The number of hydrogen-bond donors (Lipinski definition) is 2. The molecule has 0 spiro atoms. The first-order chi connectivity index (χ1) is 16.5. The average Bonchev–Trinajstić information content (AvgIpc) is 2.87. The van der Waals surface area contributed by atoms with Gasteiger partial charge in [0.05, 0.1) is 0 Å². The van der Waals surface area contributed by atoms with E-state index in [1.165, 1.54) is 18.8 Å². The van der Waals surface area contributed by atoms with Gasteiger partial charge in [-0.15, -0.1) is 23.2 Å². The molecule has 4 aromatic rings. The molecule has 0 aromatic heterocycles. The zero-order valence-corrected chi connectivity index (χ0v) is 21.4. The van der Waals surface area contributed by atoms with Crippen LogP contribution in [0.2, 0.25) is 5.02 Å². The molecule has 0 saturated carbocycles. The number of phenolic OH excluding ortho intramolecular Hbond substituents is 2. The van der Waals surface area contributed by atoms with Gasteiger partial charge in [0.15, 0.2) is 23.0 Å². The van der Waals surface area contributed by atoms with E-state index in [1.807, 2.05) is 67.6 Å². The average molecular weight is 522 g/mol. The third-order valence-electron chi connectivity index (χ3n) is 4.01. The lowest BCUT2D eigenvalue weighted by atomic mass is 10.2. The Balaban J connectivity index is 0.000000299. The summed E-state index contributed by atoms with van der Waals surface area (Å²) in [4.78, 5) is 0. The Labute approximate surface area is 215 Å². The topological polar surface area (TPSA) is 58.9 Å². The second-order valence-corrected chi connectivity index (χ2v) is 6.85. The van der Waals surface area contributed by atoms with Gasteiger partial charge < -0.3 is 19.7 Å². The van der Waals surface area contributed by atoms with Crippen molar-refractivity contribution < 1.29 is 19.7 Å². The van der Waals surface area contributed by atoms with Crippen LogP contribution in [0, 0.1) is 6.92 Å². The van der Waals surface area contributed by atoms with Crippen LogP contribution in [0.1, 0.15) is 5.56 Å². The highest BCUT2D eigenvalue weighted by atomic mass is 35.5. The van der Waals surface area contributed by atoms with Gasteiger partial charge in [-0.25, -0.2) is 0 Å². The highest BCUT2D eigenvalue weighted by molar-refractivity contribution is 6.30. The largest absolute Gasteiger partial charge is 0.504 e. The van der Waals surface area contributed by atoms with Crippen molar-refractivity contribution in [2.24, 2.45) is 0 Å². The maximum Gasteiger partial charge on any atom is 0.169 e. The number of benzene rings is 4. The number of rotatable bonds is 4. The molecule has 0 aliphatic carbocycles. The monoisotopic (exact) mass is 520 g/mol. The smallest absolute Gasteiger partial charge is 0.169 e. The number of para-hydroxylation sites is 3. The minimum atomic E-state index is 0.0353. The van der Waals surface area contributed by atoms with Gasteiger partial charge in [-0.05, 0) is 55.5 Å². The van der Waals surface area contributed by atoms with E-state index in [2.05, 4.69) is 23.2 Å². The van der Waals surface area contributed by atoms with E-state index < -0.39 is 0 Å². The van der Waals surface area contributed by atoms with Crippen molar-refractivity contribution >= 4 is 34.8 Å². The molecule has 0 aliphatic rings. The van der Waals surface area contributed by atoms with Gasteiger partial charge in [0, 0.05) is 23.9 Å². The quantitative estimate of drug-likeness (QED) is 0.263. The van der Waals surface area contributed by atoms with E-state index in [1.54, 1.807) is 30.3 Å². The summed E-state index contributed by atoms with van der Waals surface area (Å²) >= 11 is 15.0. The van der Waals surface area contributed by atoms with E-state index in [9.17, 15) is 10.2 Å². The molecule has 180 valence electrons. The highest BCUT2D eigenvalue weighted by Crippen LogP contribution is 2.32. The summed E-state index contributed by atoms with van der Waals surface area (Å²) in [6.45, 7) is 2.00. The normalized spacial score (nSPS) is 9.12. The predicted molar refractivity (Wildman–Crippen MR) is 143 cm³/mol. The molecule has 4 rings (SSSR count). The first kappa shape index (κ1) is 29.0. The Morgan fingerprint density at radius 1 is 0.559 bits per heavy atom. The van der Waals surface area contributed by atoms with Crippen LogP contribution in [0.3, 0.4) is 0 Å². The number of halogens is 3. The van der Waals surface area contributed by atoms with Gasteiger partial charge in [-0.3, -0.25) is 0 Å². The maximum absolute atomic E-state index is 9.60. The van der Waals surface area contributed by atoms with Crippen LogP contribution < -0.4 is 9.47 Å². The summed E-state index contributed by atoms with van der Waals surface area (Å²) < 4.78 is 11.0. The number of aryl methyl sites for hydroxylation is 1. The van der Waals surface area contributed by atoms with Gasteiger partial charge >= 0.3 is 0 Å². The fourth-order valence-electron chi connectivity index (χ4n) is 2.47. The molecular weight excluding hydrogens is 495 g/mol. The lowest BCUT2D eigenvalue weighted by molar-refractivity contribution is 0.411. The third-order valence-corrected chi connectivity index (χ3v) is 4.24. The van der Waals surface area contributed by atoms with Gasteiger partial charge in [0.2, 0.25) is 0 Å². The molecule has 7 heteroatoms. The van der Waals surface area contributed by atoms with Crippen molar-refractivity contribution in [1.29, 1.82) is 0 Å². The molecule has 0 saturated heterocycles. The SMILES string of the molecule is CCl.CCl.Cc1ccc(Oc2ccc(Cl)cc2O)cc1.Oc1ccccc1Oc1ccccc1. The Bertz CT molecular complexity index is 1090. The Morgan fingerprint density at radius 3 is 1.62 bits per heavy atom. The van der Waals surface area contributed by atoms with Crippen LogP contribution >= 0.6 is 34.8 Å². The Hall–Kier alpha value is -3.05. The summed E-state index contributed by atoms with van der Waals surface area (Å²) in [7, 11) is 0. The zero-order chi connectivity index (χ0) is 25.3. The zero-order valence-electron chi connectivity index (χ0n) is 19.1. The van der Waals surface area contributed by atoms with Gasteiger partial charge in [0.1, 0.15) is 11.5 Å². The highest BCUT2D eigenvalue weighted by Gasteiger charge is 2.04. The fraction of sp³-hybridized carbons (Fsp3) is 0.111. The number of alkyl halides is 2. The lowest BCUT2D eigenvalue weighted by Crippen LogP contribution is -1.84. The summed E-state index contributed by atoms with van der Waals surface area (Å²) in [6.07, 6.45) is 2.94. The molecule has 4 aromatic carbocycles. The molecule has 0 fully saturated rings. The molecule has 0 heterocycles. The molecule has 0 bridgehead atoms. The summed E-state index contributed by atoms with van der Waals surface area (Å²) in [5.74, 6) is 2.45. The Morgan fingerprint density at radius 2 is 1.06 bits per heavy atom. The van der Waals surface area contributed by atoms with Crippen molar-refractivity contribution in [2.75, 3.05) is 12.8 Å². The third kappa shape index (κ3) is 10.3. The van der Waals surface area contributed by atoms with Crippen LogP contribution in [-0.4, -0.2) is 23.0 Å². The molecule has 0 atom stereocenters. The summed E-state index contributed by atoms with van der Waals surface area (Å²) in [5.41, 5.74) is 1.16. The molecule has 0 unspecified atom stereocenters. The molecule has 0 amide bonds. The number of ether oxygens (including phenoxy) is 2. The van der Waals surface area contributed by atoms with Crippen molar-refractivity contribution in [3.05, 3.63) is 108 Å². The van der Waals surface area contributed by atoms with Crippen LogP contribution in [-0.2, 0) is 0 Å². The van der Waals surface area contributed by atoms with E-state index in [0.717, 1.165) is 5.56 Å². The first-order valence-corrected chi connectivity index (χ1v) is 11.9. The molecule has 4 nitrogen and oxygen atoms in total. The van der Waals surface area contributed by atoms with E-state index >= 15 is 0 Å². The predicted octanol–water partition coefficient (Wildman–Crippen LogP) is 9.04. The van der Waals surface area contributed by atoms with Gasteiger partial charge in [0.25, 0.3) is 0 Å². The number of hydrogen-bond acceptors (Lipinski definition) is 4. The number of phenols is 2. The van der Waals surface area contributed by atoms with Crippen LogP contribution in [0.5, 0.6) is 34.5 Å². The maximum atomic E-state index is 9.60.